The molecule has 108 valence electrons. The first-order chi connectivity index (χ1) is 9.56. The summed E-state index contributed by atoms with van der Waals surface area (Å²) in [5.41, 5.74) is 0.701. The molecule has 2 rings (SSSR count). The fraction of sp³-hybridized carbons (Fsp3) is 0.429. The van der Waals surface area contributed by atoms with E-state index in [1.54, 1.807) is 12.1 Å². The maximum Gasteiger partial charge on any atom is 0.319 e. The second-order valence-electron chi connectivity index (χ2n) is 4.98. The van der Waals surface area contributed by atoms with Crippen LogP contribution in [0.2, 0.25) is 0 Å². The second-order valence-corrected chi connectivity index (χ2v) is 5.89. The lowest BCUT2D eigenvalue weighted by molar-refractivity contribution is -0.142. The number of hydrogen-bond acceptors (Lipinski definition) is 2. The average Bonchev–Trinajstić information content (AvgIpc) is 2.88. The topological polar surface area (TPSA) is 78.4 Å². The van der Waals surface area contributed by atoms with Gasteiger partial charge in [0.2, 0.25) is 0 Å². The van der Waals surface area contributed by atoms with E-state index in [9.17, 15) is 9.59 Å². The number of nitrogens with one attached hydrogen (secondary N) is 2. The lowest BCUT2D eigenvalue weighted by Gasteiger charge is -2.16. The highest BCUT2D eigenvalue weighted by Crippen LogP contribution is 2.31. The van der Waals surface area contributed by atoms with Gasteiger partial charge in [-0.3, -0.25) is 4.79 Å². The van der Waals surface area contributed by atoms with Gasteiger partial charge in [0.05, 0.1) is 5.92 Å². The van der Waals surface area contributed by atoms with Crippen LogP contribution in [0.3, 0.4) is 0 Å². The van der Waals surface area contributed by atoms with E-state index in [1.807, 2.05) is 12.1 Å². The van der Waals surface area contributed by atoms with Crippen LogP contribution in [-0.2, 0) is 4.79 Å². The van der Waals surface area contributed by atoms with Crippen molar-refractivity contribution >= 4 is 33.6 Å². The summed E-state index contributed by atoms with van der Waals surface area (Å²) in [6, 6.07) is 6.96. The van der Waals surface area contributed by atoms with E-state index in [0.717, 1.165) is 17.3 Å². The number of amides is 2. The van der Waals surface area contributed by atoms with Crippen LogP contribution in [0.15, 0.2) is 28.7 Å². The first kappa shape index (κ1) is 14.8. The average molecular weight is 341 g/mol. The molecule has 2 unspecified atom stereocenters. The lowest BCUT2D eigenvalue weighted by atomic mass is 9.96. The molecule has 6 heteroatoms. The van der Waals surface area contributed by atoms with Crippen molar-refractivity contribution in [1.29, 1.82) is 0 Å². The highest BCUT2D eigenvalue weighted by Gasteiger charge is 2.32. The number of carbonyl (C=O) groups excluding carboxylic acids is 1. The van der Waals surface area contributed by atoms with Crippen LogP contribution in [0, 0.1) is 11.8 Å². The van der Waals surface area contributed by atoms with Gasteiger partial charge in [0.1, 0.15) is 0 Å². The third-order valence-corrected chi connectivity index (χ3v) is 4.13. The maximum absolute atomic E-state index is 11.7. The van der Waals surface area contributed by atoms with Gasteiger partial charge < -0.3 is 15.7 Å². The Labute approximate surface area is 125 Å². The van der Waals surface area contributed by atoms with Crippen molar-refractivity contribution < 1.29 is 14.7 Å². The fourth-order valence-electron chi connectivity index (χ4n) is 2.54. The van der Waals surface area contributed by atoms with E-state index in [4.69, 9.17) is 5.11 Å². The van der Waals surface area contributed by atoms with Gasteiger partial charge in [0.25, 0.3) is 0 Å². The number of urea groups is 1. The van der Waals surface area contributed by atoms with Crippen LogP contribution >= 0.6 is 15.9 Å². The summed E-state index contributed by atoms with van der Waals surface area (Å²) in [7, 11) is 0. The predicted octanol–water partition coefficient (Wildman–Crippen LogP) is 3.07. The van der Waals surface area contributed by atoms with Gasteiger partial charge in [-0.2, -0.15) is 0 Å². The molecule has 1 saturated carbocycles. The Morgan fingerprint density at radius 1 is 1.25 bits per heavy atom. The van der Waals surface area contributed by atoms with Crippen LogP contribution in [0.5, 0.6) is 0 Å². The predicted molar refractivity (Wildman–Crippen MR) is 79.6 cm³/mol. The second kappa shape index (κ2) is 6.74. The monoisotopic (exact) mass is 340 g/mol. The molecule has 20 heavy (non-hydrogen) atoms. The minimum Gasteiger partial charge on any atom is -0.481 e. The zero-order chi connectivity index (χ0) is 14.5. The number of anilines is 1. The minimum absolute atomic E-state index is 0.0307. The molecule has 0 saturated heterocycles. The summed E-state index contributed by atoms with van der Waals surface area (Å²) in [4.78, 5) is 22.8. The van der Waals surface area contributed by atoms with Crippen LogP contribution in [0.25, 0.3) is 0 Å². The maximum atomic E-state index is 11.7. The van der Waals surface area contributed by atoms with Gasteiger partial charge in [0, 0.05) is 16.7 Å². The molecule has 1 aliphatic rings. The summed E-state index contributed by atoms with van der Waals surface area (Å²) in [6.45, 7) is 0.402. The smallest absolute Gasteiger partial charge is 0.319 e. The third-order valence-electron chi connectivity index (χ3n) is 3.60. The fourth-order valence-corrected chi connectivity index (χ4v) is 2.80. The van der Waals surface area contributed by atoms with Crippen molar-refractivity contribution in [2.75, 3.05) is 11.9 Å². The van der Waals surface area contributed by atoms with Crippen molar-refractivity contribution in [2.24, 2.45) is 11.8 Å². The molecule has 2 amide bonds. The largest absolute Gasteiger partial charge is 0.481 e. The molecule has 0 radical (unpaired) electrons. The van der Waals surface area contributed by atoms with E-state index >= 15 is 0 Å². The molecular formula is C14H17BrN2O3. The van der Waals surface area contributed by atoms with Crippen molar-refractivity contribution in [1.82, 2.24) is 5.32 Å². The molecule has 1 aliphatic carbocycles. The molecule has 1 fully saturated rings. The lowest BCUT2D eigenvalue weighted by Crippen LogP contribution is -2.35. The van der Waals surface area contributed by atoms with Crippen LogP contribution in [-0.4, -0.2) is 23.7 Å². The molecule has 2 atom stereocenters. The molecule has 1 aromatic rings. The number of benzene rings is 1. The number of carboxylic acid groups (broad SMARTS) is 1. The summed E-state index contributed by atoms with van der Waals surface area (Å²) in [5, 5.41) is 14.5. The summed E-state index contributed by atoms with van der Waals surface area (Å²) in [6.07, 6.45) is 2.48. The van der Waals surface area contributed by atoms with Gasteiger partial charge >= 0.3 is 12.0 Å². The van der Waals surface area contributed by atoms with Crippen molar-refractivity contribution in [3.63, 3.8) is 0 Å². The van der Waals surface area contributed by atoms with Gasteiger partial charge in [0.15, 0.2) is 0 Å². The minimum atomic E-state index is -0.761. The summed E-state index contributed by atoms with van der Waals surface area (Å²) in [5.74, 6) is -1.06. The highest BCUT2D eigenvalue weighted by molar-refractivity contribution is 9.10. The Balaban J connectivity index is 1.80. The Bertz CT molecular complexity index is 490. The SMILES string of the molecule is O=C(NCC1CCCC1C(=O)O)Nc1ccc(Br)cc1. The van der Waals surface area contributed by atoms with Crippen LogP contribution in [0.4, 0.5) is 10.5 Å². The van der Waals surface area contributed by atoms with E-state index in [-0.39, 0.29) is 17.9 Å². The Hall–Kier alpha value is -1.56. The van der Waals surface area contributed by atoms with Crippen molar-refractivity contribution in [3.8, 4) is 0 Å². The number of hydrogen-bond donors (Lipinski definition) is 3. The molecule has 0 aromatic heterocycles. The molecule has 5 nitrogen and oxygen atoms in total. The third kappa shape index (κ3) is 3.96. The van der Waals surface area contributed by atoms with Crippen LogP contribution < -0.4 is 10.6 Å². The Morgan fingerprint density at radius 2 is 1.95 bits per heavy atom. The van der Waals surface area contributed by atoms with Gasteiger partial charge in [-0.25, -0.2) is 4.79 Å². The number of rotatable bonds is 4. The molecule has 1 aromatic carbocycles. The van der Waals surface area contributed by atoms with Gasteiger partial charge in [-0.1, -0.05) is 22.4 Å². The van der Waals surface area contributed by atoms with Crippen molar-refractivity contribution in [3.05, 3.63) is 28.7 Å². The van der Waals surface area contributed by atoms with E-state index in [2.05, 4.69) is 26.6 Å². The number of halogens is 1. The van der Waals surface area contributed by atoms with E-state index in [1.165, 1.54) is 0 Å². The first-order valence-corrected chi connectivity index (χ1v) is 7.39. The molecule has 0 spiro atoms. The summed E-state index contributed by atoms with van der Waals surface area (Å²) < 4.78 is 0.943. The Kier molecular flexibility index (Phi) is 5.00. The molecule has 0 heterocycles. The zero-order valence-electron chi connectivity index (χ0n) is 10.9. The van der Waals surface area contributed by atoms with Crippen molar-refractivity contribution in [2.45, 2.75) is 19.3 Å². The van der Waals surface area contributed by atoms with Gasteiger partial charge in [-0.15, -0.1) is 0 Å². The normalized spacial score (nSPS) is 21.4. The Morgan fingerprint density at radius 3 is 2.60 bits per heavy atom. The molecule has 3 N–H and O–H groups in total. The molecular weight excluding hydrogens is 324 g/mol. The zero-order valence-corrected chi connectivity index (χ0v) is 12.5. The van der Waals surface area contributed by atoms with E-state index < -0.39 is 5.97 Å². The number of aliphatic carboxylic acids is 1. The van der Waals surface area contributed by atoms with Crippen LogP contribution in [0.1, 0.15) is 19.3 Å². The quantitative estimate of drug-likeness (QED) is 0.788. The van der Waals surface area contributed by atoms with E-state index in [0.29, 0.717) is 18.7 Å². The number of carbonyl (C=O) groups is 2. The summed E-state index contributed by atoms with van der Waals surface area (Å²) >= 11 is 3.32. The number of carboxylic acids is 1. The highest BCUT2D eigenvalue weighted by atomic mass is 79.9. The van der Waals surface area contributed by atoms with Gasteiger partial charge in [-0.05, 0) is 43.0 Å². The molecule has 0 aliphatic heterocycles. The standard InChI is InChI=1S/C14H17BrN2O3/c15-10-4-6-11(7-5-10)17-14(20)16-8-9-2-1-3-12(9)13(18)19/h4-7,9,12H,1-3,8H2,(H,18,19)(H2,16,17,20). The molecule has 0 bridgehead atoms. The first-order valence-electron chi connectivity index (χ1n) is 6.59.